The van der Waals surface area contributed by atoms with E-state index in [1.165, 1.54) is 16.7 Å². The van der Waals surface area contributed by atoms with Crippen molar-refractivity contribution in [2.45, 2.75) is 65.2 Å². The van der Waals surface area contributed by atoms with Gasteiger partial charge in [0.05, 0.1) is 0 Å². The van der Waals surface area contributed by atoms with E-state index in [-0.39, 0.29) is 6.42 Å². The second-order valence-electron chi connectivity index (χ2n) is 6.03. The lowest BCUT2D eigenvalue weighted by molar-refractivity contribution is -0.137. The van der Waals surface area contributed by atoms with E-state index in [2.05, 4.69) is 52.8 Å². The number of carboxylic acid groups (broad SMARTS) is 1. The monoisotopic (exact) mass is 262 g/mol. The molecule has 0 fully saturated rings. The summed E-state index contributed by atoms with van der Waals surface area (Å²) in [4.78, 5) is 10.7. The minimum Gasteiger partial charge on any atom is -0.481 e. The van der Waals surface area contributed by atoms with Crippen molar-refractivity contribution in [3.05, 3.63) is 34.9 Å². The van der Waals surface area contributed by atoms with E-state index in [0.29, 0.717) is 24.2 Å². The highest BCUT2D eigenvalue weighted by atomic mass is 16.4. The molecule has 0 radical (unpaired) electrons. The number of benzene rings is 1. The molecule has 0 amide bonds. The zero-order valence-corrected chi connectivity index (χ0v) is 12.7. The van der Waals surface area contributed by atoms with Crippen LogP contribution in [0.1, 0.15) is 81.9 Å². The van der Waals surface area contributed by atoms with Crippen LogP contribution >= 0.6 is 0 Å². The Kier molecular flexibility index (Phi) is 5.59. The predicted octanol–water partition coefficient (Wildman–Crippen LogP) is 4.90. The Morgan fingerprint density at radius 1 is 1.05 bits per heavy atom. The molecule has 0 aliphatic rings. The molecular weight excluding hydrogens is 236 g/mol. The maximum Gasteiger partial charge on any atom is 0.303 e. The normalized spacial score (nSPS) is 13.0. The maximum atomic E-state index is 10.7. The molecule has 0 aliphatic heterocycles. The summed E-state index contributed by atoms with van der Waals surface area (Å²) in [5.41, 5.74) is 4.03. The van der Waals surface area contributed by atoms with Crippen molar-refractivity contribution in [1.29, 1.82) is 0 Å². The van der Waals surface area contributed by atoms with Crippen LogP contribution in [0.4, 0.5) is 0 Å². The number of hydrogen-bond donors (Lipinski definition) is 1. The fourth-order valence-corrected chi connectivity index (χ4v) is 2.40. The lowest BCUT2D eigenvalue weighted by Gasteiger charge is -2.20. The highest BCUT2D eigenvalue weighted by Gasteiger charge is 2.15. The third-order valence-electron chi connectivity index (χ3n) is 3.72. The number of carboxylic acids is 1. The molecule has 0 aliphatic carbocycles. The Labute approximate surface area is 116 Å². The van der Waals surface area contributed by atoms with Gasteiger partial charge in [0.25, 0.3) is 0 Å². The van der Waals surface area contributed by atoms with E-state index < -0.39 is 5.97 Å². The van der Waals surface area contributed by atoms with Crippen LogP contribution in [0.15, 0.2) is 18.2 Å². The Morgan fingerprint density at radius 2 is 1.68 bits per heavy atom. The predicted molar refractivity (Wildman–Crippen MR) is 79.9 cm³/mol. The Balaban J connectivity index is 3.02. The van der Waals surface area contributed by atoms with Gasteiger partial charge >= 0.3 is 5.97 Å². The lowest BCUT2D eigenvalue weighted by atomic mass is 9.85. The van der Waals surface area contributed by atoms with Gasteiger partial charge in [0.1, 0.15) is 0 Å². The zero-order valence-electron chi connectivity index (χ0n) is 12.7. The molecule has 2 heteroatoms. The molecule has 0 heterocycles. The van der Waals surface area contributed by atoms with Crippen LogP contribution in [-0.4, -0.2) is 11.1 Å². The van der Waals surface area contributed by atoms with Crippen molar-refractivity contribution in [1.82, 2.24) is 0 Å². The summed E-state index contributed by atoms with van der Waals surface area (Å²) in [6, 6.07) is 6.67. The Hall–Kier alpha value is -1.31. The standard InChI is InChI=1S/C17H26O2/c1-11(2)14-7-8-15(16(10-14)12(3)4)13(5)6-9-17(18)19/h7-8,10-13H,6,9H2,1-5H3,(H,18,19). The largest absolute Gasteiger partial charge is 0.481 e. The fourth-order valence-electron chi connectivity index (χ4n) is 2.40. The van der Waals surface area contributed by atoms with E-state index in [4.69, 9.17) is 5.11 Å². The van der Waals surface area contributed by atoms with Crippen molar-refractivity contribution in [2.24, 2.45) is 0 Å². The average molecular weight is 262 g/mol. The van der Waals surface area contributed by atoms with Gasteiger partial charge in [-0.2, -0.15) is 0 Å². The van der Waals surface area contributed by atoms with Gasteiger partial charge in [-0.3, -0.25) is 4.79 Å². The number of rotatable bonds is 6. The smallest absolute Gasteiger partial charge is 0.303 e. The first kappa shape index (κ1) is 15.7. The van der Waals surface area contributed by atoms with Crippen molar-refractivity contribution in [3.63, 3.8) is 0 Å². The van der Waals surface area contributed by atoms with Crippen molar-refractivity contribution in [2.75, 3.05) is 0 Å². The third-order valence-corrected chi connectivity index (χ3v) is 3.72. The summed E-state index contributed by atoms with van der Waals surface area (Å²) in [5.74, 6) is 0.591. The molecule has 0 aromatic heterocycles. The van der Waals surface area contributed by atoms with Crippen LogP contribution in [0.3, 0.4) is 0 Å². The van der Waals surface area contributed by atoms with E-state index in [9.17, 15) is 4.79 Å². The van der Waals surface area contributed by atoms with Gasteiger partial charge in [0.15, 0.2) is 0 Å². The molecule has 0 saturated carbocycles. The number of aliphatic carboxylic acids is 1. The van der Waals surface area contributed by atoms with Crippen LogP contribution in [0.2, 0.25) is 0 Å². The van der Waals surface area contributed by atoms with Gasteiger partial charge < -0.3 is 5.11 Å². The summed E-state index contributed by atoms with van der Waals surface area (Å²) in [5, 5.41) is 8.80. The molecule has 1 aromatic carbocycles. The fraction of sp³-hybridized carbons (Fsp3) is 0.588. The van der Waals surface area contributed by atoms with Gasteiger partial charge in [0, 0.05) is 6.42 Å². The highest BCUT2D eigenvalue weighted by Crippen LogP contribution is 2.31. The zero-order chi connectivity index (χ0) is 14.6. The second-order valence-corrected chi connectivity index (χ2v) is 6.03. The molecule has 19 heavy (non-hydrogen) atoms. The van der Waals surface area contributed by atoms with E-state index in [1.807, 2.05) is 0 Å². The van der Waals surface area contributed by atoms with Crippen molar-refractivity contribution in [3.8, 4) is 0 Å². The first-order valence-corrected chi connectivity index (χ1v) is 7.18. The maximum absolute atomic E-state index is 10.7. The summed E-state index contributed by atoms with van der Waals surface area (Å²) >= 11 is 0. The quantitative estimate of drug-likeness (QED) is 0.791. The van der Waals surface area contributed by atoms with Crippen LogP contribution in [0, 0.1) is 0 Å². The summed E-state index contributed by atoms with van der Waals surface area (Å²) < 4.78 is 0. The summed E-state index contributed by atoms with van der Waals surface area (Å²) in [6.45, 7) is 10.9. The minimum absolute atomic E-state index is 0.241. The average Bonchev–Trinajstić information content (AvgIpc) is 2.34. The van der Waals surface area contributed by atoms with E-state index in [0.717, 1.165) is 0 Å². The van der Waals surface area contributed by atoms with Crippen LogP contribution in [0.25, 0.3) is 0 Å². The second kappa shape index (κ2) is 6.74. The van der Waals surface area contributed by atoms with Gasteiger partial charge in [-0.25, -0.2) is 0 Å². The van der Waals surface area contributed by atoms with Crippen LogP contribution < -0.4 is 0 Å². The number of hydrogen-bond acceptors (Lipinski definition) is 1. The van der Waals surface area contributed by atoms with Crippen LogP contribution in [-0.2, 0) is 4.79 Å². The number of carbonyl (C=O) groups is 1. The van der Waals surface area contributed by atoms with Gasteiger partial charge in [0.2, 0.25) is 0 Å². The Bertz CT molecular complexity index is 433. The molecule has 1 atom stereocenters. The van der Waals surface area contributed by atoms with E-state index in [1.54, 1.807) is 0 Å². The SMILES string of the molecule is CC(C)c1ccc(C(C)CCC(=O)O)c(C(C)C)c1. The van der Waals surface area contributed by atoms with Crippen LogP contribution in [0.5, 0.6) is 0 Å². The lowest BCUT2D eigenvalue weighted by Crippen LogP contribution is -2.05. The van der Waals surface area contributed by atoms with Gasteiger partial charge in [-0.1, -0.05) is 52.8 Å². The third kappa shape index (κ3) is 4.38. The first-order chi connectivity index (χ1) is 8.82. The topological polar surface area (TPSA) is 37.3 Å². The van der Waals surface area contributed by atoms with Gasteiger partial charge in [-0.15, -0.1) is 0 Å². The summed E-state index contributed by atoms with van der Waals surface area (Å²) in [6.07, 6.45) is 0.945. The molecular formula is C17H26O2. The molecule has 1 rings (SSSR count). The minimum atomic E-state index is -0.711. The van der Waals surface area contributed by atoms with Crippen molar-refractivity contribution < 1.29 is 9.90 Å². The molecule has 1 N–H and O–H groups in total. The molecule has 0 spiro atoms. The molecule has 1 unspecified atom stereocenters. The Morgan fingerprint density at radius 3 is 2.16 bits per heavy atom. The molecule has 0 bridgehead atoms. The van der Waals surface area contributed by atoms with Gasteiger partial charge in [-0.05, 0) is 40.9 Å². The highest BCUT2D eigenvalue weighted by molar-refractivity contribution is 5.66. The molecule has 1 aromatic rings. The first-order valence-electron chi connectivity index (χ1n) is 7.18. The molecule has 2 nitrogen and oxygen atoms in total. The molecule has 0 saturated heterocycles. The summed E-state index contributed by atoms with van der Waals surface area (Å²) in [7, 11) is 0. The van der Waals surface area contributed by atoms with E-state index >= 15 is 0 Å². The van der Waals surface area contributed by atoms with Crippen molar-refractivity contribution >= 4 is 5.97 Å². The molecule has 106 valence electrons.